The van der Waals surface area contributed by atoms with E-state index in [1.165, 1.54) is 0 Å². The average molecular weight is 234 g/mol. The van der Waals surface area contributed by atoms with Crippen LogP contribution in [-0.2, 0) is 16.1 Å². The largest absolute Gasteiger partial charge is 0.478 e. The maximum atomic E-state index is 11.4. The number of hydrogen-bond donors (Lipinski definition) is 2. The first-order chi connectivity index (χ1) is 8.16. The Bertz CT molecular complexity index is 444. The topological polar surface area (TPSA) is 84.9 Å². The van der Waals surface area contributed by atoms with Gasteiger partial charge in [-0.15, -0.1) is 0 Å². The fourth-order valence-corrected chi connectivity index (χ4v) is 1.87. The fraction of sp³-hybridized carbons (Fsp3) is 0.333. The Labute approximate surface area is 98.9 Å². The Balaban J connectivity index is 2.18. The summed E-state index contributed by atoms with van der Waals surface area (Å²) in [6, 6.07) is 9.35. The van der Waals surface area contributed by atoms with Crippen LogP contribution in [0.15, 0.2) is 35.5 Å². The summed E-state index contributed by atoms with van der Waals surface area (Å²) in [6.45, 7) is 0.226. The van der Waals surface area contributed by atoms with E-state index in [0.717, 1.165) is 5.56 Å². The van der Waals surface area contributed by atoms with Crippen LogP contribution in [0.1, 0.15) is 12.0 Å². The lowest BCUT2D eigenvalue weighted by atomic mass is 9.90. The van der Waals surface area contributed by atoms with Gasteiger partial charge in [0.05, 0.1) is 5.71 Å². The molecule has 1 atom stereocenters. The number of nitrogens with zero attached hydrogens (tertiary/aromatic N) is 1. The van der Waals surface area contributed by atoms with E-state index in [1.807, 2.05) is 30.3 Å². The highest BCUT2D eigenvalue weighted by atomic mass is 16.7. The molecule has 5 heteroatoms. The van der Waals surface area contributed by atoms with Crippen LogP contribution in [-0.4, -0.2) is 28.9 Å². The van der Waals surface area contributed by atoms with Crippen molar-refractivity contribution in [3.8, 4) is 0 Å². The number of benzene rings is 1. The molecular weight excluding hydrogens is 220 g/mol. The molecule has 5 nitrogen and oxygen atoms in total. The van der Waals surface area contributed by atoms with Crippen molar-refractivity contribution in [3.63, 3.8) is 0 Å². The van der Waals surface area contributed by atoms with Crippen LogP contribution in [0.4, 0.5) is 0 Å². The minimum absolute atomic E-state index is 0.226. The summed E-state index contributed by atoms with van der Waals surface area (Å²) < 4.78 is 0. The molecule has 0 aromatic heterocycles. The molecule has 1 unspecified atom stereocenters. The van der Waals surface area contributed by atoms with Gasteiger partial charge in [0.15, 0.2) is 0 Å². The molecule has 1 aliphatic heterocycles. The molecule has 0 saturated heterocycles. The molecule has 1 heterocycles. The van der Waals surface area contributed by atoms with E-state index in [0.29, 0.717) is 5.71 Å². The standard InChI is InChI=1S/C12H14N2O3/c13-8-10-7-12(11(15)16,17-14-10)6-9-4-2-1-3-5-9/h1-5H,6-8,13H2,(H,15,16). The second-order valence-electron chi connectivity index (χ2n) is 4.09. The van der Waals surface area contributed by atoms with Gasteiger partial charge in [0, 0.05) is 19.4 Å². The number of oxime groups is 1. The van der Waals surface area contributed by atoms with Crippen molar-refractivity contribution in [2.75, 3.05) is 6.54 Å². The lowest BCUT2D eigenvalue weighted by Gasteiger charge is -2.21. The molecule has 90 valence electrons. The SMILES string of the molecule is NCC1=NOC(Cc2ccccc2)(C(=O)O)C1. The monoisotopic (exact) mass is 234 g/mol. The zero-order valence-corrected chi connectivity index (χ0v) is 9.30. The number of carbonyl (C=O) groups is 1. The first-order valence-electron chi connectivity index (χ1n) is 5.37. The van der Waals surface area contributed by atoms with E-state index in [4.69, 9.17) is 10.6 Å². The van der Waals surface area contributed by atoms with Gasteiger partial charge >= 0.3 is 5.97 Å². The number of aliphatic carboxylic acids is 1. The van der Waals surface area contributed by atoms with Gasteiger partial charge in [0.2, 0.25) is 5.60 Å². The van der Waals surface area contributed by atoms with E-state index in [9.17, 15) is 9.90 Å². The Morgan fingerprint density at radius 2 is 2.18 bits per heavy atom. The highest BCUT2D eigenvalue weighted by Gasteiger charge is 2.46. The van der Waals surface area contributed by atoms with Gasteiger partial charge in [0.25, 0.3) is 0 Å². The van der Waals surface area contributed by atoms with Gasteiger partial charge in [0.1, 0.15) is 0 Å². The molecule has 0 aliphatic carbocycles. The number of carboxylic acid groups (broad SMARTS) is 1. The number of carboxylic acids is 1. The molecule has 2 rings (SSSR count). The zero-order valence-electron chi connectivity index (χ0n) is 9.30. The summed E-state index contributed by atoms with van der Waals surface area (Å²) in [5, 5.41) is 13.0. The third-order valence-corrected chi connectivity index (χ3v) is 2.80. The second-order valence-corrected chi connectivity index (χ2v) is 4.09. The van der Waals surface area contributed by atoms with Gasteiger partial charge in [-0.05, 0) is 5.56 Å². The quantitative estimate of drug-likeness (QED) is 0.806. The summed E-state index contributed by atoms with van der Waals surface area (Å²) in [5.41, 5.74) is 5.64. The molecule has 17 heavy (non-hydrogen) atoms. The van der Waals surface area contributed by atoms with E-state index in [1.54, 1.807) is 0 Å². The molecule has 0 spiro atoms. The maximum Gasteiger partial charge on any atom is 0.351 e. The zero-order chi connectivity index (χ0) is 12.3. The Morgan fingerprint density at radius 1 is 1.47 bits per heavy atom. The van der Waals surface area contributed by atoms with Crippen LogP contribution in [0.3, 0.4) is 0 Å². The lowest BCUT2D eigenvalue weighted by molar-refractivity contribution is -0.162. The first-order valence-corrected chi connectivity index (χ1v) is 5.37. The van der Waals surface area contributed by atoms with Crippen LogP contribution in [0, 0.1) is 0 Å². The molecule has 1 aromatic rings. The Hall–Kier alpha value is -1.88. The molecule has 0 saturated carbocycles. The van der Waals surface area contributed by atoms with Crippen molar-refractivity contribution in [3.05, 3.63) is 35.9 Å². The predicted molar refractivity (Wildman–Crippen MR) is 62.7 cm³/mol. The van der Waals surface area contributed by atoms with Gasteiger partial charge in [-0.1, -0.05) is 35.5 Å². The molecule has 0 radical (unpaired) electrons. The van der Waals surface area contributed by atoms with Crippen molar-refractivity contribution in [2.45, 2.75) is 18.4 Å². The second kappa shape index (κ2) is 4.55. The van der Waals surface area contributed by atoms with Gasteiger partial charge in [-0.3, -0.25) is 0 Å². The average Bonchev–Trinajstić information content (AvgIpc) is 2.75. The van der Waals surface area contributed by atoms with Crippen molar-refractivity contribution in [1.82, 2.24) is 0 Å². The minimum atomic E-state index is -1.30. The van der Waals surface area contributed by atoms with Crippen LogP contribution < -0.4 is 5.73 Å². The molecule has 0 fully saturated rings. The van der Waals surface area contributed by atoms with Gasteiger partial charge in [-0.2, -0.15) is 0 Å². The van der Waals surface area contributed by atoms with Crippen LogP contribution >= 0.6 is 0 Å². The Kier molecular flexibility index (Phi) is 3.10. The lowest BCUT2D eigenvalue weighted by Crippen LogP contribution is -2.41. The summed E-state index contributed by atoms with van der Waals surface area (Å²) in [6.07, 6.45) is 0.532. The fourth-order valence-electron chi connectivity index (χ4n) is 1.87. The maximum absolute atomic E-state index is 11.4. The van der Waals surface area contributed by atoms with E-state index >= 15 is 0 Å². The predicted octanol–water partition coefficient (Wildman–Crippen LogP) is 0.787. The highest BCUT2D eigenvalue weighted by Crippen LogP contribution is 2.28. The van der Waals surface area contributed by atoms with Crippen LogP contribution in [0.5, 0.6) is 0 Å². The van der Waals surface area contributed by atoms with Crippen molar-refractivity contribution >= 4 is 11.7 Å². The summed E-state index contributed by atoms with van der Waals surface area (Å²) >= 11 is 0. The highest BCUT2D eigenvalue weighted by molar-refractivity contribution is 5.94. The summed E-state index contributed by atoms with van der Waals surface area (Å²) in [4.78, 5) is 16.5. The third kappa shape index (κ3) is 2.29. The van der Waals surface area contributed by atoms with E-state index < -0.39 is 11.6 Å². The van der Waals surface area contributed by atoms with Crippen molar-refractivity contribution in [2.24, 2.45) is 10.9 Å². The first kappa shape index (κ1) is 11.6. The molecule has 1 aliphatic rings. The molecule has 1 aromatic carbocycles. The number of hydrogen-bond acceptors (Lipinski definition) is 4. The number of rotatable bonds is 4. The van der Waals surface area contributed by atoms with Gasteiger partial charge < -0.3 is 15.7 Å². The number of nitrogens with two attached hydrogens (primary N) is 1. The summed E-state index contributed by atoms with van der Waals surface area (Å²) in [7, 11) is 0. The third-order valence-electron chi connectivity index (χ3n) is 2.80. The molecule has 0 amide bonds. The molecule has 0 bridgehead atoms. The van der Waals surface area contributed by atoms with E-state index in [2.05, 4.69) is 5.16 Å². The van der Waals surface area contributed by atoms with Crippen molar-refractivity contribution < 1.29 is 14.7 Å². The van der Waals surface area contributed by atoms with Crippen molar-refractivity contribution in [1.29, 1.82) is 0 Å². The van der Waals surface area contributed by atoms with E-state index in [-0.39, 0.29) is 19.4 Å². The van der Waals surface area contributed by atoms with Crippen LogP contribution in [0.2, 0.25) is 0 Å². The Morgan fingerprint density at radius 3 is 2.71 bits per heavy atom. The molecule has 3 N–H and O–H groups in total. The van der Waals surface area contributed by atoms with Gasteiger partial charge in [-0.25, -0.2) is 4.79 Å². The normalized spacial score (nSPS) is 23.0. The smallest absolute Gasteiger partial charge is 0.351 e. The summed E-state index contributed by atoms with van der Waals surface area (Å²) in [5.74, 6) is -1.01. The minimum Gasteiger partial charge on any atom is -0.478 e. The van der Waals surface area contributed by atoms with Crippen LogP contribution in [0.25, 0.3) is 0 Å². The molecular formula is C12H14N2O3.